The van der Waals surface area contributed by atoms with Gasteiger partial charge in [0, 0.05) is 12.4 Å². The summed E-state index contributed by atoms with van der Waals surface area (Å²) in [5.41, 5.74) is 3.76. The van der Waals surface area contributed by atoms with E-state index in [1.165, 1.54) is 16.5 Å². The van der Waals surface area contributed by atoms with Crippen molar-refractivity contribution in [3.8, 4) is 0 Å². The van der Waals surface area contributed by atoms with Gasteiger partial charge < -0.3 is 0 Å². The van der Waals surface area contributed by atoms with E-state index in [4.69, 9.17) is 0 Å². The molecule has 0 atom stereocenters. The van der Waals surface area contributed by atoms with E-state index in [1.54, 1.807) is 0 Å². The second-order valence-corrected chi connectivity index (χ2v) is 4.11. The molecule has 0 fully saturated rings. The molecule has 0 aliphatic heterocycles. The second kappa shape index (κ2) is 5.15. The number of fused-ring (bicyclic) bond motifs is 1. The molecular formula is C14H22N2. The van der Waals surface area contributed by atoms with Gasteiger partial charge in [-0.05, 0) is 24.5 Å². The Bertz CT molecular complexity index is 467. The standard InChI is InChI=1S/C12H16N2.C2H6/c1-8(2)10-6-5-7-11-12(10)9(3)13-14(11)4;1-2/h5-8H,1-4H3;1-2H3. The Morgan fingerprint density at radius 2 is 1.81 bits per heavy atom. The lowest BCUT2D eigenvalue weighted by Crippen LogP contribution is -1.90. The molecule has 1 heterocycles. The highest BCUT2D eigenvalue weighted by Crippen LogP contribution is 2.27. The maximum absolute atomic E-state index is 4.45. The van der Waals surface area contributed by atoms with E-state index in [1.807, 2.05) is 25.6 Å². The highest BCUT2D eigenvalue weighted by molar-refractivity contribution is 5.85. The minimum absolute atomic E-state index is 0.557. The average molecular weight is 218 g/mol. The van der Waals surface area contributed by atoms with Crippen LogP contribution < -0.4 is 0 Å². The van der Waals surface area contributed by atoms with Crippen molar-refractivity contribution < 1.29 is 0 Å². The Balaban J connectivity index is 0.000000606. The van der Waals surface area contributed by atoms with Crippen molar-refractivity contribution in [2.75, 3.05) is 0 Å². The van der Waals surface area contributed by atoms with Gasteiger partial charge in [0.25, 0.3) is 0 Å². The molecule has 0 N–H and O–H groups in total. The molecule has 1 aromatic carbocycles. The molecule has 0 unspecified atom stereocenters. The molecular weight excluding hydrogens is 196 g/mol. The Labute approximate surface area is 98.3 Å². The zero-order chi connectivity index (χ0) is 12.3. The van der Waals surface area contributed by atoms with Gasteiger partial charge in [0.15, 0.2) is 0 Å². The number of aromatic nitrogens is 2. The third-order valence-corrected chi connectivity index (χ3v) is 2.71. The van der Waals surface area contributed by atoms with Crippen LogP contribution in [-0.2, 0) is 7.05 Å². The normalized spacial score (nSPS) is 10.4. The van der Waals surface area contributed by atoms with Gasteiger partial charge in [-0.3, -0.25) is 4.68 Å². The van der Waals surface area contributed by atoms with E-state index in [0.717, 1.165) is 5.69 Å². The number of nitrogens with zero attached hydrogens (tertiary/aromatic N) is 2. The Kier molecular flexibility index (Phi) is 4.11. The van der Waals surface area contributed by atoms with Gasteiger partial charge in [-0.2, -0.15) is 5.10 Å². The smallest absolute Gasteiger partial charge is 0.0684 e. The van der Waals surface area contributed by atoms with Crippen molar-refractivity contribution in [1.82, 2.24) is 9.78 Å². The molecule has 2 nitrogen and oxygen atoms in total. The maximum atomic E-state index is 4.45. The molecule has 2 rings (SSSR count). The van der Waals surface area contributed by atoms with Crippen molar-refractivity contribution in [1.29, 1.82) is 0 Å². The fraction of sp³-hybridized carbons (Fsp3) is 0.500. The zero-order valence-corrected chi connectivity index (χ0v) is 11.2. The van der Waals surface area contributed by atoms with E-state index in [9.17, 15) is 0 Å². The minimum Gasteiger partial charge on any atom is -0.268 e. The van der Waals surface area contributed by atoms with Crippen LogP contribution in [0.1, 0.15) is 44.9 Å². The molecule has 88 valence electrons. The van der Waals surface area contributed by atoms with Gasteiger partial charge >= 0.3 is 0 Å². The van der Waals surface area contributed by atoms with Crippen LogP contribution in [0.15, 0.2) is 18.2 Å². The quantitative estimate of drug-likeness (QED) is 0.706. The summed E-state index contributed by atoms with van der Waals surface area (Å²) < 4.78 is 1.95. The molecule has 1 aromatic heterocycles. The van der Waals surface area contributed by atoms with E-state index >= 15 is 0 Å². The maximum Gasteiger partial charge on any atom is 0.0684 e. The van der Waals surface area contributed by atoms with Gasteiger partial charge in [0.05, 0.1) is 11.2 Å². The molecule has 0 saturated carbocycles. The van der Waals surface area contributed by atoms with Crippen LogP contribution in [0.25, 0.3) is 10.9 Å². The average Bonchev–Trinajstić information content (AvgIpc) is 2.58. The first-order valence-corrected chi connectivity index (χ1v) is 6.03. The first kappa shape index (κ1) is 12.8. The zero-order valence-electron chi connectivity index (χ0n) is 11.2. The SMILES string of the molecule is CC.Cc1nn(C)c2cccc(C(C)C)c12. The van der Waals surface area contributed by atoms with E-state index < -0.39 is 0 Å². The van der Waals surface area contributed by atoms with Gasteiger partial charge in [-0.1, -0.05) is 39.8 Å². The lowest BCUT2D eigenvalue weighted by Gasteiger charge is -2.07. The van der Waals surface area contributed by atoms with Crippen LogP contribution in [0.2, 0.25) is 0 Å². The number of rotatable bonds is 1. The Morgan fingerprint density at radius 1 is 1.19 bits per heavy atom. The highest BCUT2D eigenvalue weighted by Gasteiger charge is 2.10. The predicted molar refractivity (Wildman–Crippen MR) is 70.9 cm³/mol. The first-order chi connectivity index (χ1) is 7.61. The van der Waals surface area contributed by atoms with Crippen molar-refractivity contribution >= 4 is 10.9 Å². The largest absolute Gasteiger partial charge is 0.268 e. The van der Waals surface area contributed by atoms with Crippen LogP contribution in [0.3, 0.4) is 0 Å². The molecule has 0 amide bonds. The molecule has 0 aliphatic rings. The summed E-state index contributed by atoms with van der Waals surface area (Å²) in [6.07, 6.45) is 0. The summed E-state index contributed by atoms with van der Waals surface area (Å²) in [7, 11) is 2.00. The number of benzene rings is 1. The number of hydrogen-bond acceptors (Lipinski definition) is 1. The molecule has 0 aliphatic carbocycles. The Morgan fingerprint density at radius 3 is 2.38 bits per heavy atom. The van der Waals surface area contributed by atoms with Gasteiger partial charge in [-0.25, -0.2) is 0 Å². The molecule has 0 saturated heterocycles. The van der Waals surface area contributed by atoms with Crippen LogP contribution in [-0.4, -0.2) is 9.78 Å². The van der Waals surface area contributed by atoms with E-state index in [-0.39, 0.29) is 0 Å². The summed E-state index contributed by atoms with van der Waals surface area (Å²) >= 11 is 0. The number of hydrogen-bond donors (Lipinski definition) is 0. The first-order valence-electron chi connectivity index (χ1n) is 6.03. The fourth-order valence-electron chi connectivity index (χ4n) is 2.03. The van der Waals surface area contributed by atoms with Crippen LogP contribution in [0.5, 0.6) is 0 Å². The van der Waals surface area contributed by atoms with Gasteiger partial charge in [0.1, 0.15) is 0 Å². The molecule has 0 radical (unpaired) electrons. The van der Waals surface area contributed by atoms with Crippen molar-refractivity contribution in [3.05, 3.63) is 29.5 Å². The summed E-state index contributed by atoms with van der Waals surface area (Å²) in [5.74, 6) is 0.557. The van der Waals surface area contributed by atoms with E-state index in [2.05, 4.69) is 44.1 Å². The van der Waals surface area contributed by atoms with Crippen LogP contribution >= 0.6 is 0 Å². The molecule has 16 heavy (non-hydrogen) atoms. The van der Waals surface area contributed by atoms with Gasteiger partial charge in [0.2, 0.25) is 0 Å². The van der Waals surface area contributed by atoms with Crippen LogP contribution in [0.4, 0.5) is 0 Å². The van der Waals surface area contributed by atoms with Crippen molar-refractivity contribution in [3.63, 3.8) is 0 Å². The number of aryl methyl sites for hydroxylation is 2. The third-order valence-electron chi connectivity index (χ3n) is 2.71. The van der Waals surface area contributed by atoms with Crippen molar-refractivity contribution in [2.45, 2.75) is 40.5 Å². The van der Waals surface area contributed by atoms with Crippen LogP contribution in [0, 0.1) is 6.92 Å². The summed E-state index contributed by atoms with van der Waals surface area (Å²) in [6.45, 7) is 10.5. The second-order valence-electron chi connectivity index (χ2n) is 4.11. The molecule has 0 spiro atoms. The molecule has 2 aromatic rings. The topological polar surface area (TPSA) is 17.8 Å². The fourth-order valence-corrected chi connectivity index (χ4v) is 2.03. The summed E-state index contributed by atoms with van der Waals surface area (Å²) in [6, 6.07) is 6.43. The summed E-state index contributed by atoms with van der Waals surface area (Å²) in [4.78, 5) is 0. The third kappa shape index (κ3) is 2.11. The van der Waals surface area contributed by atoms with Gasteiger partial charge in [-0.15, -0.1) is 0 Å². The van der Waals surface area contributed by atoms with E-state index in [0.29, 0.717) is 5.92 Å². The lowest BCUT2D eigenvalue weighted by molar-refractivity contribution is 0.783. The predicted octanol–water partition coefficient (Wildman–Crippen LogP) is 4.03. The monoisotopic (exact) mass is 218 g/mol. The molecule has 2 heteroatoms. The highest BCUT2D eigenvalue weighted by atomic mass is 15.3. The summed E-state index contributed by atoms with van der Waals surface area (Å²) in [5, 5.41) is 5.77. The minimum atomic E-state index is 0.557. The van der Waals surface area contributed by atoms with Crippen molar-refractivity contribution in [2.24, 2.45) is 7.05 Å². The lowest BCUT2D eigenvalue weighted by atomic mass is 9.98. The Hall–Kier alpha value is -1.31. The molecule has 0 bridgehead atoms.